The van der Waals surface area contributed by atoms with Gasteiger partial charge in [-0.2, -0.15) is 0 Å². The predicted molar refractivity (Wildman–Crippen MR) is 118 cm³/mol. The summed E-state index contributed by atoms with van der Waals surface area (Å²) in [5.74, 6) is 1.08. The van der Waals surface area contributed by atoms with Crippen molar-refractivity contribution in [2.24, 2.45) is 5.41 Å². The van der Waals surface area contributed by atoms with Gasteiger partial charge >= 0.3 is 0 Å². The van der Waals surface area contributed by atoms with Crippen LogP contribution in [-0.2, 0) is 13.0 Å². The molecule has 2 aliphatic rings. The van der Waals surface area contributed by atoms with Crippen molar-refractivity contribution in [3.63, 3.8) is 0 Å². The van der Waals surface area contributed by atoms with E-state index in [1.807, 2.05) is 6.20 Å². The summed E-state index contributed by atoms with van der Waals surface area (Å²) in [5, 5.41) is 0. The molecular formula is C25H32N4. The van der Waals surface area contributed by atoms with Crippen LogP contribution in [-0.4, -0.2) is 25.9 Å². The van der Waals surface area contributed by atoms with Gasteiger partial charge in [0.2, 0.25) is 0 Å². The van der Waals surface area contributed by atoms with Crippen LogP contribution in [0.25, 0.3) is 11.0 Å². The molecule has 2 heterocycles. The number of aromatic amines is 1. The zero-order valence-electron chi connectivity index (χ0n) is 17.7. The number of aromatic nitrogens is 3. The number of hydrogen-bond acceptors (Lipinski definition) is 3. The van der Waals surface area contributed by atoms with Gasteiger partial charge in [0, 0.05) is 12.2 Å². The number of rotatable bonds is 4. The molecule has 1 atom stereocenters. The van der Waals surface area contributed by atoms with Crippen LogP contribution in [0.4, 0.5) is 0 Å². The molecule has 3 aromatic rings. The van der Waals surface area contributed by atoms with Crippen LogP contribution in [0.2, 0.25) is 0 Å². The zero-order valence-corrected chi connectivity index (χ0v) is 17.7. The lowest BCUT2D eigenvalue weighted by atomic mass is 9.74. The van der Waals surface area contributed by atoms with Gasteiger partial charge in [-0.15, -0.1) is 0 Å². The number of aryl methyl sites for hydroxylation is 1. The smallest absolute Gasteiger partial charge is 0.121 e. The largest absolute Gasteiger partial charge is 0.341 e. The second-order valence-corrected chi connectivity index (χ2v) is 9.72. The number of imidazole rings is 1. The fourth-order valence-electron chi connectivity index (χ4n) is 5.37. The normalized spacial score (nSPS) is 22.1. The molecule has 0 bridgehead atoms. The molecule has 1 fully saturated rings. The Hall–Kier alpha value is -2.20. The molecule has 2 aromatic heterocycles. The van der Waals surface area contributed by atoms with Gasteiger partial charge in [-0.3, -0.25) is 9.88 Å². The molecular weight excluding hydrogens is 356 g/mol. The molecule has 29 heavy (non-hydrogen) atoms. The summed E-state index contributed by atoms with van der Waals surface area (Å²) in [6, 6.07) is 13.7. The minimum absolute atomic E-state index is 0.402. The van der Waals surface area contributed by atoms with E-state index in [9.17, 15) is 0 Å². The van der Waals surface area contributed by atoms with E-state index in [-0.39, 0.29) is 0 Å². The van der Waals surface area contributed by atoms with Crippen LogP contribution in [0.5, 0.6) is 0 Å². The van der Waals surface area contributed by atoms with Crippen molar-refractivity contribution in [2.45, 2.75) is 77.4 Å². The molecule has 2 aliphatic carbocycles. The van der Waals surface area contributed by atoms with Gasteiger partial charge in [0.1, 0.15) is 5.82 Å². The molecule has 0 aliphatic heterocycles. The Kier molecular flexibility index (Phi) is 4.91. The summed E-state index contributed by atoms with van der Waals surface area (Å²) in [4.78, 5) is 16.1. The minimum Gasteiger partial charge on any atom is -0.341 e. The van der Waals surface area contributed by atoms with Crippen LogP contribution >= 0.6 is 0 Å². The van der Waals surface area contributed by atoms with Crippen molar-refractivity contribution in [3.8, 4) is 0 Å². The average molecular weight is 389 g/mol. The Bertz CT molecular complexity index is 946. The van der Waals surface area contributed by atoms with Crippen molar-refractivity contribution in [1.29, 1.82) is 0 Å². The van der Waals surface area contributed by atoms with Gasteiger partial charge in [-0.05, 0) is 74.1 Å². The molecule has 0 saturated heterocycles. The van der Waals surface area contributed by atoms with E-state index in [4.69, 9.17) is 9.97 Å². The number of nitrogens with one attached hydrogen (secondary N) is 1. The SMILES string of the molecule is CC1(C)CCC(N(Cc2nc3ccccc3[nH]2)C2CCCc3cccnc32)CC1. The lowest BCUT2D eigenvalue weighted by molar-refractivity contribution is 0.0526. The van der Waals surface area contributed by atoms with Gasteiger partial charge in [-0.25, -0.2) is 4.98 Å². The molecule has 4 nitrogen and oxygen atoms in total. The Balaban J connectivity index is 1.48. The summed E-state index contributed by atoms with van der Waals surface area (Å²) in [6.45, 7) is 5.72. The van der Waals surface area contributed by atoms with Gasteiger partial charge in [-0.1, -0.05) is 32.0 Å². The van der Waals surface area contributed by atoms with Crippen molar-refractivity contribution in [2.75, 3.05) is 0 Å². The second-order valence-electron chi connectivity index (χ2n) is 9.72. The predicted octanol–water partition coefficient (Wildman–Crippen LogP) is 5.81. The monoisotopic (exact) mass is 388 g/mol. The van der Waals surface area contributed by atoms with E-state index < -0.39 is 0 Å². The van der Waals surface area contributed by atoms with Crippen LogP contribution in [0, 0.1) is 5.41 Å². The molecule has 1 saturated carbocycles. The van der Waals surface area contributed by atoms with E-state index in [1.54, 1.807) is 0 Å². The number of fused-ring (bicyclic) bond motifs is 2. The molecule has 0 spiro atoms. The third-order valence-electron chi connectivity index (χ3n) is 7.11. The van der Waals surface area contributed by atoms with Crippen LogP contribution in [0.3, 0.4) is 0 Å². The fourth-order valence-corrected chi connectivity index (χ4v) is 5.37. The molecule has 1 aromatic carbocycles. The van der Waals surface area contributed by atoms with E-state index in [1.165, 1.54) is 49.8 Å². The first-order valence-electron chi connectivity index (χ1n) is 11.2. The highest BCUT2D eigenvalue weighted by molar-refractivity contribution is 5.74. The number of para-hydroxylation sites is 2. The van der Waals surface area contributed by atoms with Crippen LogP contribution in [0.1, 0.15) is 75.5 Å². The Morgan fingerprint density at radius 3 is 2.72 bits per heavy atom. The number of pyridine rings is 1. The van der Waals surface area contributed by atoms with Gasteiger partial charge in [0.25, 0.3) is 0 Å². The van der Waals surface area contributed by atoms with Crippen molar-refractivity contribution < 1.29 is 0 Å². The summed E-state index contributed by atoms with van der Waals surface area (Å²) in [6.07, 6.45) is 10.7. The molecule has 5 rings (SSSR count). The summed E-state index contributed by atoms with van der Waals surface area (Å²) < 4.78 is 0. The molecule has 0 amide bonds. The maximum absolute atomic E-state index is 4.91. The number of benzene rings is 1. The van der Waals surface area contributed by atoms with E-state index in [2.05, 4.69) is 60.1 Å². The Morgan fingerprint density at radius 2 is 1.90 bits per heavy atom. The van der Waals surface area contributed by atoms with E-state index in [0.29, 0.717) is 17.5 Å². The molecule has 1 unspecified atom stereocenters. The highest BCUT2D eigenvalue weighted by atomic mass is 15.2. The lowest BCUT2D eigenvalue weighted by Crippen LogP contribution is -2.43. The third-order valence-corrected chi connectivity index (χ3v) is 7.11. The fraction of sp³-hybridized carbons (Fsp3) is 0.520. The van der Waals surface area contributed by atoms with Crippen molar-refractivity contribution in [1.82, 2.24) is 19.9 Å². The van der Waals surface area contributed by atoms with Gasteiger partial charge in [0.05, 0.1) is 29.3 Å². The van der Waals surface area contributed by atoms with Crippen LogP contribution in [0.15, 0.2) is 42.6 Å². The maximum atomic E-state index is 4.91. The number of hydrogen-bond donors (Lipinski definition) is 1. The summed E-state index contributed by atoms with van der Waals surface area (Å²) in [7, 11) is 0. The zero-order chi connectivity index (χ0) is 19.8. The minimum atomic E-state index is 0.402. The van der Waals surface area contributed by atoms with Crippen molar-refractivity contribution >= 4 is 11.0 Å². The van der Waals surface area contributed by atoms with E-state index >= 15 is 0 Å². The molecule has 1 N–H and O–H groups in total. The Morgan fingerprint density at radius 1 is 1.07 bits per heavy atom. The Labute approximate surface area is 173 Å². The first-order valence-corrected chi connectivity index (χ1v) is 11.2. The molecule has 4 heteroatoms. The van der Waals surface area contributed by atoms with Crippen molar-refractivity contribution in [3.05, 3.63) is 59.7 Å². The maximum Gasteiger partial charge on any atom is 0.121 e. The summed E-state index contributed by atoms with van der Waals surface area (Å²) in [5.41, 5.74) is 5.42. The lowest BCUT2D eigenvalue weighted by Gasteiger charge is -2.44. The quantitative estimate of drug-likeness (QED) is 0.614. The average Bonchev–Trinajstić information content (AvgIpc) is 3.15. The molecule has 152 valence electrons. The number of H-pyrrole nitrogens is 1. The van der Waals surface area contributed by atoms with Gasteiger partial charge < -0.3 is 4.98 Å². The second kappa shape index (κ2) is 7.56. The highest BCUT2D eigenvalue weighted by Gasteiger charge is 2.36. The van der Waals surface area contributed by atoms with E-state index in [0.717, 1.165) is 29.8 Å². The summed E-state index contributed by atoms with van der Waals surface area (Å²) >= 11 is 0. The first-order chi connectivity index (χ1) is 14.1. The van der Waals surface area contributed by atoms with Crippen LogP contribution < -0.4 is 0 Å². The first kappa shape index (κ1) is 18.8. The topological polar surface area (TPSA) is 44.8 Å². The standard InChI is InChI=1S/C25H32N4/c1-25(2)14-12-19(13-15-25)29(17-23-27-20-9-3-4-10-21(20)28-23)22-11-5-7-18-8-6-16-26-24(18)22/h3-4,6,8-10,16,19,22H,5,7,11-15,17H2,1-2H3,(H,27,28). The molecule has 0 radical (unpaired) electrons. The van der Waals surface area contributed by atoms with Gasteiger partial charge in [0.15, 0.2) is 0 Å². The number of nitrogens with zero attached hydrogens (tertiary/aromatic N) is 3. The third kappa shape index (κ3) is 3.83. The highest BCUT2D eigenvalue weighted by Crippen LogP contribution is 2.42.